The average Bonchev–Trinajstić information content (AvgIpc) is 2.23. The lowest BCUT2D eigenvalue weighted by molar-refractivity contribution is -0.124. The topological polar surface area (TPSA) is 66.8 Å². The Bertz CT molecular complexity index is 227. The lowest BCUT2D eigenvalue weighted by atomic mass is 10.3. The number of aliphatic hydroxyl groups excluding tert-OH is 1. The van der Waals surface area contributed by atoms with Crippen LogP contribution in [0.3, 0.4) is 0 Å². The second-order valence-corrected chi connectivity index (χ2v) is 2.82. The molecule has 5 nitrogen and oxygen atoms in total. The van der Waals surface area contributed by atoms with Gasteiger partial charge in [-0.1, -0.05) is 6.58 Å². The monoisotopic (exact) mass is 215 g/mol. The summed E-state index contributed by atoms with van der Waals surface area (Å²) in [7, 11) is 0. The Morgan fingerprint density at radius 3 is 2.60 bits per heavy atom. The summed E-state index contributed by atoms with van der Waals surface area (Å²) in [4.78, 5) is 23.6. The first-order valence-corrected chi connectivity index (χ1v) is 4.88. The van der Waals surface area contributed by atoms with Crippen LogP contribution in [0.25, 0.3) is 0 Å². The fourth-order valence-corrected chi connectivity index (χ4v) is 0.985. The van der Waals surface area contributed by atoms with Crippen LogP contribution in [0, 0.1) is 0 Å². The highest BCUT2D eigenvalue weighted by Crippen LogP contribution is 2.00. The van der Waals surface area contributed by atoms with Crippen molar-refractivity contribution in [1.29, 1.82) is 0 Å². The first kappa shape index (κ1) is 13.6. The molecule has 2 amide bonds. The van der Waals surface area contributed by atoms with Crippen LogP contribution in [0.2, 0.25) is 0 Å². The summed E-state index contributed by atoms with van der Waals surface area (Å²) in [6.45, 7) is 5.48. The van der Waals surface area contributed by atoms with Gasteiger partial charge in [0.2, 0.25) is 0 Å². The Morgan fingerprint density at radius 1 is 1.47 bits per heavy atom. The number of nitrogens with zero attached hydrogens (tertiary/aromatic N) is 1. The highest BCUT2D eigenvalue weighted by Gasteiger charge is 2.19. The van der Waals surface area contributed by atoms with E-state index in [4.69, 9.17) is 9.84 Å². The number of hydrogen-bond donors (Lipinski definition) is 1. The Morgan fingerprint density at radius 2 is 2.13 bits per heavy atom. The number of carbonyl (C=O) groups is 2. The molecule has 0 aromatic rings. The fraction of sp³-hybridized carbons (Fsp3) is 0.600. The number of hydrogen-bond acceptors (Lipinski definition) is 4. The Hall–Kier alpha value is -1.36. The smallest absolute Gasteiger partial charge is 0.416 e. The van der Waals surface area contributed by atoms with E-state index in [1.807, 2.05) is 0 Å². The summed E-state index contributed by atoms with van der Waals surface area (Å²) >= 11 is 0. The SMILES string of the molecule is C=CC(=O)N(CCCCO)C(=O)OCC. The third-order valence-corrected chi connectivity index (χ3v) is 1.72. The van der Waals surface area contributed by atoms with Gasteiger partial charge in [-0.05, 0) is 25.8 Å². The van der Waals surface area contributed by atoms with E-state index in [-0.39, 0.29) is 19.8 Å². The number of aliphatic hydroxyl groups is 1. The largest absolute Gasteiger partial charge is 0.449 e. The molecule has 1 N–H and O–H groups in total. The van der Waals surface area contributed by atoms with E-state index in [2.05, 4.69) is 6.58 Å². The number of rotatable bonds is 6. The molecule has 0 aliphatic heterocycles. The molecule has 5 heteroatoms. The molecule has 0 unspecified atom stereocenters. The van der Waals surface area contributed by atoms with E-state index >= 15 is 0 Å². The van der Waals surface area contributed by atoms with Gasteiger partial charge in [0.15, 0.2) is 0 Å². The van der Waals surface area contributed by atoms with Gasteiger partial charge in [0.1, 0.15) is 0 Å². The van der Waals surface area contributed by atoms with Crippen molar-refractivity contribution in [3.05, 3.63) is 12.7 Å². The summed E-state index contributed by atoms with van der Waals surface area (Å²) in [5.41, 5.74) is 0. The lowest BCUT2D eigenvalue weighted by Crippen LogP contribution is -2.37. The molecule has 0 radical (unpaired) electrons. The van der Waals surface area contributed by atoms with E-state index in [1.165, 1.54) is 0 Å². The third kappa shape index (κ3) is 5.17. The summed E-state index contributed by atoms with van der Waals surface area (Å²) in [5, 5.41) is 8.58. The fourth-order valence-electron chi connectivity index (χ4n) is 0.985. The van der Waals surface area contributed by atoms with Crippen LogP contribution >= 0.6 is 0 Å². The van der Waals surface area contributed by atoms with Crippen LogP contribution in [0.5, 0.6) is 0 Å². The minimum absolute atomic E-state index is 0.0406. The summed E-state index contributed by atoms with van der Waals surface area (Å²) in [5.74, 6) is -0.480. The zero-order valence-electron chi connectivity index (χ0n) is 8.94. The minimum atomic E-state index is -0.666. The van der Waals surface area contributed by atoms with Gasteiger partial charge < -0.3 is 9.84 Å². The van der Waals surface area contributed by atoms with Gasteiger partial charge in [-0.2, -0.15) is 0 Å². The second kappa shape index (κ2) is 7.99. The summed E-state index contributed by atoms with van der Waals surface area (Å²) in [6, 6.07) is 0. The summed E-state index contributed by atoms with van der Waals surface area (Å²) in [6.07, 6.45) is 1.49. The van der Waals surface area contributed by atoms with Gasteiger partial charge in [0.05, 0.1) is 6.61 Å². The van der Waals surface area contributed by atoms with Crippen molar-refractivity contribution >= 4 is 12.0 Å². The van der Waals surface area contributed by atoms with Crippen molar-refractivity contribution in [2.24, 2.45) is 0 Å². The molecule has 0 spiro atoms. The Labute approximate surface area is 89.3 Å². The number of amides is 2. The molecule has 0 aliphatic rings. The highest BCUT2D eigenvalue weighted by molar-refractivity contribution is 5.98. The molecule has 0 heterocycles. The third-order valence-electron chi connectivity index (χ3n) is 1.72. The van der Waals surface area contributed by atoms with Crippen molar-refractivity contribution < 1.29 is 19.4 Å². The van der Waals surface area contributed by atoms with Gasteiger partial charge in [0.25, 0.3) is 5.91 Å². The molecular formula is C10H17NO4. The van der Waals surface area contributed by atoms with Crippen LogP contribution in [-0.4, -0.2) is 41.8 Å². The van der Waals surface area contributed by atoms with Crippen molar-refractivity contribution in [2.45, 2.75) is 19.8 Å². The number of unbranched alkanes of at least 4 members (excludes halogenated alkanes) is 1. The standard InChI is InChI=1S/C10H17NO4/c1-3-9(13)11(7-5-6-8-12)10(14)15-4-2/h3,12H,1,4-8H2,2H3. The quantitative estimate of drug-likeness (QED) is 0.528. The molecule has 0 saturated carbocycles. The molecule has 0 aromatic heterocycles. The van der Waals surface area contributed by atoms with E-state index < -0.39 is 12.0 Å². The molecule has 0 atom stereocenters. The molecule has 0 fully saturated rings. The molecule has 0 saturated heterocycles. The predicted octanol–water partition coefficient (Wildman–Crippen LogP) is 0.930. The van der Waals surface area contributed by atoms with E-state index in [9.17, 15) is 9.59 Å². The number of ether oxygens (including phenoxy) is 1. The van der Waals surface area contributed by atoms with Crippen LogP contribution in [-0.2, 0) is 9.53 Å². The van der Waals surface area contributed by atoms with Crippen LogP contribution < -0.4 is 0 Å². The maximum Gasteiger partial charge on any atom is 0.416 e. The maximum atomic E-state index is 11.3. The first-order valence-electron chi connectivity index (χ1n) is 4.88. The van der Waals surface area contributed by atoms with Gasteiger partial charge in [-0.25, -0.2) is 9.69 Å². The highest BCUT2D eigenvalue weighted by atomic mass is 16.6. The maximum absolute atomic E-state index is 11.3. The average molecular weight is 215 g/mol. The van der Waals surface area contributed by atoms with Crippen LogP contribution in [0.15, 0.2) is 12.7 Å². The number of carbonyl (C=O) groups excluding carboxylic acids is 2. The molecule has 0 rings (SSSR count). The van der Waals surface area contributed by atoms with Gasteiger partial charge >= 0.3 is 6.09 Å². The number of imide groups is 1. The van der Waals surface area contributed by atoms with Crippen molar-refractivity contribution in [3.63, 3.8) is 0 Å². The zero-order valence-corrected chi connectivity index (χ0v) is 8.94. The second-order valence-electron chi connectivity index (χ2n) is 2.82. The summed E-state index contributed by atoms with van der Waals surface area (Å²) < 4.78 is 4.71. The van der Waals surface area contributed by atoms with E-state index in [0.29, 0.717) is 12.8 Å². The van der Waals surface area contributed by atoms with Crippen LogP contribution in [0.1, 0.15) is 19.8 Å². The van der Waals surface area contributed by atoms with Gasteiger partial charge in [0, 0.05) is 13.2 Å². The Kier molecular flexibility index (Phi) is 7.27. The Balaban J connectivity index is 4.23. The molecular weight excluding hydrogens is 198 g/mol. The van der Waals surface area contributed by atoms with Gasteiger partial charge in [-0.3, -0.25) is 4.79 Å². The first-order chi connectivity index (χ1) is 7.17. The molecule has 0 aliphatic carbocycles. The normalized spacial score (nSPS) is 9.47. The molecule has 0 bridgehead atoms. The van der Waals surface area contributed by atoms with Crippen molar-refractivity contribution in [1.82, 2.24) is 4.90 Å². The molecule has 0 aromatic carbocycles. The molecule has 15 heavy (non-hydrogen) atoms. The van der Waals surface area contributed by atoms with E-state index in [0.717, 1.165) is 11.0 Å². The van der Waals surface area contributed by atoms with Crippen molar-refractivity contribution in [2.75, 3.05) is 19.8 Å². The van der Waals surface area contributed by atoms with Crippen LogP contribution in [0.4, 0.5) is 4.79 Å². The zero-order chi connectivity index (χ0) is 11.7. The van der Waals surface area contributed by atoms with Gasteiger partial charge in [-0.15, -0.1) is 0 Å². The van der Waals surface area contributed by atoms with Crippen molar-refractivity contribution in [3.8, 4) is 0 Å². The minimum Gasteiger partial charge on any atom is -0.449 e. The predicted molar refractivity (Wildman–Crippen MR) is 55.3 cm³/mol. The lowest BCUT2D eigenvalue weighted by Gasteiger charge is -2.17. The van der Waals surface area contributed by atoms with E-state index in [1.54, 1.807) is 6.92 Å². The molecule has 86 valence electrons.